The molecule has 1 aliphatic heterocycles. The fourth-order valence-electron chi connectivity index (χ4n) is 2.85. The lowest BCUT2D eigenvalue weighted by Gasteiger charge is -2.26. The highest BCUT2D eigenvalue weighted by atomic mass is 79.9. The summed E-state index contributed by atoms with van der Waals surface area (Å²) >= 11 is 15.3. The number of barbiturate groups is 1. The fraction of sp³-hybridized carbons (Fsp3) is 0.190. The molecule has 7 nitrogen and oxygen atoms in total. The van der Waals surface area contributed by atoms with E-state index in [2.05, 4.69) is 21.2 Å². The van der Waals surface area contributed by atoms with Crippen LogP contribution in [0.5, 0.6) is 11.5 Å². The van der Waals surface area contributed by atoms with E-state index in [1.54, 1.807) is 12.1 Å². The van der Waals surface area contributed by atoms with Gasteiger partial charge in [-0.3, -0.25) is 14.9 Å². The molecule has 0 aliphatic carbocycles. The number of nitrogens with one attached hydrogen (secondary N) is 1. The number of ether oxygens (including phenoxy) is 2. The quantitative estimate of drug-likeness (QED) is 0.411. The molecule has 1 fully saturated rings. The molecular formula is C21H17BrCl2N2O5. The highest BCUT2D eigenvalue weighted by Crippen LogP contribution is 2.38. The lowest BCUT2D eigenvalue weighted by atomic mass is 10.1. The first-order valence-corrected chi connectivity index (χ1v) is 10.7. The molecule has 1 heterocycles. The van der Waals surface area contributed by atoms with Gasteiger partial charge in [0.1, 0.15) is 5.57 Å². The third-order valence-electron chi connectivity index (χ3n) is 4.28. The van der Waals surface area contributed by atoms with Gasteiger partial charge in [-0.15, -0.1) is 0 Å². The van der Waals surface area contributed by atoms with Gasteiger partial charge in [0, 0.05) is 0 Å². The zero-order chi connectivity index (χ0) is 22.7. The van der Waals surface area contributed by atoms with Crippen molar-refractivity contribution in [3.8, 4) is 11.5 Å². The van der Waals surface area contributed by atoms with Gasteiger partial charge >= 0.3 is 6.03 Å². The van der Waals surface area contributed by atoms with Gasteiger partial charge in [-0.1, -0.05) is 30.1 Å². The first-order chi connectivity index (χ1) is 14.8. The second kappa shape index (κ2) is 9.72. The average Bonchev–Trinajstić information content (AvgIpc) is 2.72. The average molecular weight is 528 g/mol. The highest BCUT2D eigenvalue weighted by Gasteiger charge is 2.37. The maximum absolute atomic E-state index is 13.0. The van der Waals surface area contributed by atoms with Crippen LogP contribution in [0.15, 0.2) is 40.4 Å². The molecule has 2 aromatic rings. The number of hydrogen-bond acceptors (Lipinski definition) is 5. The van der Waals surface area contributed by atoms with Crippen molar-refractivity contribution in [3.63, 3.8) is 0 Å². The molecule has 2 aromatic carbocycles. The number of methoxy groups -OCH3 is 1. The highest BCUT2D eigenvalue weighted by molar-refractivity contribution is 9.10. The van der Waals surface area contributed by atoms with Crippen LogP contribution in [0.25, 0.3) is 6.08 Å². The number of anilines is 1. The predicted octanol–water partition coefficient (Wildman–Crippen LogP) is 5.22. The number of hydrogen-bond donors (Lipinski definition) is 1. The summed E-state index contributed by atoms with van der Waals surface area (Å²) in [4.78, 5) is 38.6. The van der Waals surface area contributed by atoms with Crippen molar-refractivity contribution < 1.29 is 23.9 Å². The zero-order valence-corrected chi connectivity index (χ0v) is 19.6. The van der Waals surface area contributed by atoms with Crippen LogP contribution >= 0.6 is 39.1 Å². The molecule has 1 N–H and O–H groups in total. The molecule has 0 saturated carbocycles. The Hall–Kier alpha value is -2.55. The Morgan fingerprint density at radius 2 is 1.87 bits per heavy atom. The van der Waals surface area contributed by atoms with E-state index in [9.17, 15) is 14.4 Å². The van der Waals surface area contributed by atoms with E-state index in [1.807, 2.05) is 6.92 Å². The number of imide groups is 2. The minimum atomic E-state index is -0.882. The summed E-state index contributed by atoms with van der Waals surface area (Å²) in [7, 11) is 1.49. The molecular weight excluding hydrogens is 511 g/mol. The smallest absolute Gasteiger partial charge is 0.335 e. The number of nitrogens with zero attached hydrogens (tertiary/aromatic N) is 1. The topological polar surface area (TPSA) is 84.9 Å². The number of rotatable bonds is 6. The lowest BCUT2D eigenvalue weighted by molar-refractivity contribution is -0.122. The largest absolute Gasteiger partial charge is 0.493 e. The Labute approximate surface area is 197 Å². The second-order valence-corrected chi connectivity index (χ2v) is 8.11. The molecule has 0 aromatic heterocycles. The first kappa shape index (κ1) is 23.1. The van der Waals surface area contributed by atoms with Gasteiger partial charge in [0.25, 0.3) is 11.8 Å². The minimum absolute atomic E-state index is 0.165. The van der Waals surface area contributed by atoms with Crippen LogP contribution in [-0.2, 0) is 9.59 Å². The van der Waals surface area contributed by atoms with E-state index in [1.165, 1.54) is 31.4 Å². The van der Waals surface area contributed by atoms with Gasteiger partial charge in [0.15, 0.2) is 11.5 Å². The first-order valence-electron chi connectivity index (χ1n) is 9.13. The maximum Gasteiger partial charge on any atom is 0.335 e. The number of benzene rings is 2. The van der Waals surface area contributed by atoms with E-state index < -0.39 is 17.8 Å². The van der Waals surface area contributed by atoms with E-state index in [4.69, 9.17) is 32.7 Å². The number of amides is 4. The zero-order valence-electron chi connectivity index (χ0n) is 16.5. The lowest BCUT2D eigenvalue weighted by Crippen LogP contribution is -2.54. The normalized spacial score (nSPS) is 15.3. The van der Waals surface area contributed by atoms with E-state index in [0.29, 0.717) is 28.1 Å². The summed E-state index contributed by atoms with van der Waals surface area (Å²) in [5.74, 6) is -0.671. The molecule has 162 valence electrons. The molecule has 3 rings (SSSR count). The van der Waals surface area contributed by atoms with Crippen LogP contribution in [0.1, 0.15) is 18.9 Å². The van der Waals surface area contributed by atoms with Crippen molar-refractivity contribution >= 4 is 68.7 Å². The Morgan fingerprint density at radius 1 is 1.13 bits per heavy atom. The van der Waals surface area contributed by atoms with Crippen molar-refractivity contribution in [3.05, 3.63) is 56.0 Å². The van der Waals surface area contributed by atoms with Crippen LogP contribution in [0, 0.1) is 0 Å². The van der Waals surface area contributed by atoms with Crippen molar-refractivity contribution in [2.45, 2.75) is 13.3 Å². The standard InChI is InChI=1S/C21H17BrCl2N2O5/c1-3-6-31-18-14(22)8-11(9-17(18)30-2)7-13-19(27)25-21(29)26(20(13)28)12-4-5-15(23)16(24)10-12/h4-5,7-10H,3,6H2,1-2H3,(H,25,27,29)/b13-7+. The third-order valence-corrected chi connectivity index (χ3v) is 5.60. The van der Waals surface area contributed by atoms with Gasteiger partial charge in [-0.25, -0.2) is 9.69 Å². The summed E-state index contributed by atoms with van der Waals surface area (Å²) < 4.78 is 11.7. The van der Waals surface area contributed by atoms with E-state index in [-0.39, 0.29) is 21.3 Å². The minimum Gasteiger partial charge on any atom is -0.493 e. The molecule has 10 heteroatoms. The SMILES string of the molecule is CCCOc1c(Br)cc(/C=C2\C(=O)NC(=O)N(c3ccc(Cl)c(Cl)c3)C2=O)cc1OC. The fourth-order valence-corrected chi connectivity index (χ4v) is 3.72. The van der Waals surface area contributed by atoms with Crippen LogP contribution < -0.4 is 19.7 Å². The molecule has 1 aliphatic rings. The molecule has 31 heavy (non-hydrogen) atoms. The second-order valence-electron chi connectivity index (χ2n) is 6.44. The maximum atomic E-state index is 13.0. The van der Waals surface area contributed by atoms with Crippen molar-refractivity contribution in [2.75, 3.05) is 18.6 Å². The van der Waals surface area contributed by atoms with Crippen LogP contribution in [0.3, 0.4) is 0 Å². The molecule has 0 unspecified atom stereocenters. The van der Waals surface area contributed by atoms with Gasteiger partial charge < -0.3 is 9.47 Å². The Balaban J connectivity index is 2.01. The molecule has 4 amide bonds. The molecule has 0 atom stereocenters. The van der Waals surface area contributed by atoms with Gasteiger partial charge in [-0.2, -0.15) is 0 Å². The van der Waals surface area contributed by atoms with Crippen molar-refractivity contribution in [1.29, 1.82) is 0 Å². The Morgan fingerprint density at radius 3 is 2.52 bits per heavy atom. The van der Waals surface area contributed by atoms with Gasteiger partial charge in [-0.05, 0) is 64.3 Å². The number of halogens is 3. The number of carbonyl (C=O) groups is 3. The summed E-state index contributed by atoms with van der Waals surface area (Å²) in [6, 6.07) is 6.71. The molecule has 1 saturated heterocycles. The van der Waals surface area contributed by atoms with Crippen LogP contribution in [0.4, 0.5) is 10.5 Å². The molecule has 0 spiro atoms. The number of carbonyl (C=O) groups excluding carboxylic acids is 3. The Kier molecular flexibility index (Phi) is 7.25. The van der Waals surface area contributed by atoms with E-state index in [0.717, 1.165) is 11.3 Å². The monoisotopic (exact) mass is 526 g/mol. The summed E-state index contributed by atoms with van der Waals surface area (Å²) in [5.41, 5.74) is 0.439. The van der Waals surface area contributed by atoms with Crippen LogP contribution in [0.2, 0.25) is 10.0 Å². The Bertz CT molecular complexity index is 1100. The molecule has 0 bridgehead atoms. The third kappa shape index (κ3) is 4.87. The van der Waals surface area contributed by atoms with Gasteiger partial charge in [0.2, 0.25) is 0 Å². The van der Waals surface area contributed by atoms with Gasteiger partial charge in [0.05, 0.1) is 33.9 Å². The van der Waals surface area contributed by atoms with Crippen molar-refractivity contribution in [1.82, 2.24) is 5.32 Å². The summed E-state index contributed by atoms with van der Waals surface area (Å²) in [6.45, 7) is 2.48. The molecule has 0 radical (unpaired) electrons. The van der Waals surface area contributed by atoms with Crippen LogP contribution in [-0.4, -0.2) is 31.6 Å². The number of urea groups is 1. The summed E-state index contributed by atoms with van der Waals surface area (Å²) in [6.07, 6.45) is 2.18. The predicted molar refractivity (Wildman–Crippen MR) is 122 cm³/mol. The summed E-state index contributed by atoms with van der Waals surface area (Å²) in [5, 5.41) is 2.59. The van der Waals surface area contributed by atoms with Crippen molar-refractivity contribution in [2.24, 2.45) is 0 Å². The van der Waals surface area contributed by atoms with E-state index >= 15 is 0 Å².